The SMILES string of the molecule is NC(=O)[C@]1(c2ccccn2)CCCN(Cc2ccccc2N2CCCCC2)C1. The lowest BCUT2D eigenvalue weighted by molar-refractivity contribution is -0.126. The maximum Gasteiger partial charge on any atom is 0.230 e. The third kappa shape index (κ3) is 3.76. The highest BCUT2D eigenvalue weighted by molar-refractivity contribution is 5.86. The Balaban J connectivity index is 1.57. The van der Waals surface area contributed by atoms with E-state index in [0.717, 1.165) is 44.7 Å². The number of carbonyl (C=O) groups is 1. The molecule has 1 amide bonds. The Kier molecular flexibility index (Phi) is 5.62. The van der Waals surface area contributed by atoms with Crippen molar-refractivity contribution >= 4 is 11.6 Å². The van der Waals surface area contributed by atoms with Crippen molar-refractivity contribution in [3.8, 4) is 0 Å². The van der Waals surface area contributed by atoms with Gasteiger partial charge in [0, 0.05) is 38.1 Å². The molecule has 0 aliphatic carbocycles. The molecule has 4 rings (SSSR count). The van der Waals surface area contributed by atoms with E-state index in [4.69, 9.17) is 5.73 Å². The number of likely N-dealkylation sites (tertiary alicyclic amines) is 1. The summed E-state index contributed by atoms with van der Waals surface area (Å²) in [7, 11) is 0. The van der Waals surface area contributed by atoms with Gasteiger partial charge in [0.1, 0.15) is 5.41 Å². The first-order chi connectivity index (χ1) is 13.7. The minimum absolute atomic E-state index is 0.264. The van der Waals surface area contributed by atoms with E-state index >= 15 is 0 Å². The van der Waals surface area contributed by atoms with Gasteiger partial charge in [0.25, 0.3) is 0 Å². The smallest absolute Gasteiger partial charge is 0.230 e. The van der Waals surface area contributed by atoms with Crippen LogP contribution in [0.4, 0.5) is 5.69 Å². The Morgan fingerprint density at radius 2 is 1.79 bits per heavy atom. The number of aromatic nitrogens is 1. The molecule has 0 spiro atoms. The molecule has 0 unspecified atom stereocenters. The average Bonchev–Trinajstić information content (AvgIpc) is 2.75. The number of carbonyl (C=O) groups excluding carboxylic acids is 1. The van der Waals surface area contributed by atoms with E-state index in [-0.39, 0.29) is 5.91 Å². The molecule has 5 nitrogen and oxygen atoms in total. The molecule has 5 heteroatoms. The highest BCUT2D eigenvalue weighted by Crippen LogP contribution is 2.34. The second-order valence-electron chi connectivity index (χ2n) is 8.15. The van der Waals surface area contributed by atoms with Crippen LogP contribution in [0.2, 0.25) is 0 Å². The minimum atomic E-state index is -0.695. The van der Waals surface area contributed by atoms with Crippen LogP contribution in [0, 0.1) is 0 Å². The van der Waals surface area contributed by atoms with E-state index in [1.165, 1.54) is 30.5 Å². The third-order valence-electron chi connectivity index (χ3n) is 6.28. The lowest BCUT2D eigenvalue weighted by Gasteiger charge is -2.41. The fraction of sp³-hybridized carbons (Fsp3) is 0.478. The molecular formula is C23H30N4O. The number of rotatable bonds is 5. The Morgan fingerprint density at radius 3 is 2.54 bits per heavy atom. The van der Waals surface area contributed by atoms with Gasteiger partial charge in [-0.2, -0.15) is 0 Å². The first kappa shape index (κ1) is 18.9. The fourth-order valence-electron chi connectivity index (χ4n) is 4.79. The van der Waals surface area contributed by atoms with Crippen molar-refractivity contribution in [3.63, 3.8) is 0 Å². The van der Waals surface area contributed by atoms with Crippen LogP contribution in [0.5, 0.6) is 0 Å². The molecule has 3 heterocycles. The van der Waals surface area contributed by atoms with Crippen molar-refractivity contribution in [2.45, 2.75) is 44.1 Å². The van der Waals surface area contributed by atoms with Crippen molar-refractivity contribution in [3.05, 3.63) is 59.9 Å². The zero-order valence-electron chi connectivity index (χ0n) is 16.5. The normalized spacial score (nSPS) is 23.5. The first-order valence-corrected chi connectivity index (χ1v) is 10.5. The van der Waals surface area contributed by atoms with Gasteiger partial charge in [-0.1, -0.05) is 24.3 Å². The standard InChI is InChI=1S/C23H30N4O/c24-22(28)23(21-11-4-5-13-25-21)12-8-14-26(18-23)17-19-9-2-3-10-20(19)27-15-6-1-7-16-27/h2-5,9-11,13H,1,6-8,12,14-18H2,(H2,24,28)/t23-/m1/s1. The quantitative estimate of drug-likeness (QED) is 0.868. The minimum Gasteiger partial charge on any atom is -0.371 e. The molecule has 0 saturated carbocycles. The summed E-state index contributed by atoms with van der Waals surface area (Å²) in [4.78, 5) is 21.9. The molecule has 2 N–H and O–H groups in total. The van der Waals surface area contributed by atoms with Crippen molar-refractivity contribution in [1.82, 2.24) is 9.88 Å². The Morgan fingerprint density at radius 1 is 1.00 bits per heavy atom. The van der Waals surface area contributed by atoms with E-state index in [2.05, 4.69) is 39.0 Å². The summed E-state index contributed by atoms with van der Waals surface area (Å²) in [5.41, 5.74) is 8.71. The van der Waals surface area contributed by atoms with Crippen LogP contribution in [0.25, 0.3) is 0 Å². The molecule has 2 aliphatic rings. The number of anilines is 1. The van der Waals surface area contributed by atoms with Crippen LogP contribution in [-0.2, 0) is 16.8 Å². The zero-order valence-corrected chi connectivity index (χ0v) is 16.5. The number of hydrogen-bond donors (Lipinski definition) is 1. The molecule has 0 bridgehead atoms. The Bertz CT molecular complexity index is 803. The van der Waals surface area contributed by atoms with E-state index in [0.29, 0.717) is 6.54 Å². The summed E-state index contributed by atoms with van der Waals surface area (Å²) >= 11 is 0. The predicted octanol–water partition coefficient (Wildman–Crippen LogP) is 3.09. The van der Waals surface area contributed by atoms with Gasteiger partial charge >= 0.3 is 0 Å². The summed E-state index contributed by atoms with van der Waals surface area (Å²) < 4.78 is 0. The summed E-state index contributed by atoms with van der Waals surface area (Å²) in [5.74, 6) is -0.264. The molecule has 148 valence electrons. The number of amides is 1. The molecule has 2 saturated heterocycles. The second kappa shape index (κ2) is 8.31. The Labute approximate surface area is 167 Å². The molecular weight excluding hydrogens is 348 g/mol. The lowest BCUT2D eigenvalue weighted by Crippen LogP contribution is -2.53. The van der Waals surface area contributed by atoms with Crippen LogP contribution < -0.4 is 10.6 Å². The van der Waals surface area contributed by atoms with Crippen LogP contribution in [0.3, 0.4) is 0 Å². The summed E-state index contributed by atoms with van der Waals surface area (Å²) in [6.45, 7) is 4.73. The highest BCUT2D eigenvalue weighted by atomic mass is 16.1. The number of nitrogens with zero attached hydrogens (tertiary/aromatic N) is 3. The monoisotopic (exact) mass is 378 g/mol. The van der Waals surface area contributed by atoms with Crippen molar-refractivity contribution < 1.29 is 4.79 Å². The van der Waals surface area contributed by atoms with Crippen LogP contribution in [-0.4, -0.2) is 42.0 Å². The van der Waals surface area contributed by atoms with Crippen LogP contribution in [0.1, 0.15) is 43.4 Å². The number of hydrogen-bond acceptors (Lipinski definition) is 4. The summed E-state index contributed by atoms with van der Waals surface area (Å²) in [6.07, 6.45) is 7.33. The van der Waals surface area contributed by atoms with Gasteiger partial charge in [0.2, 0.25) is 5.91 Å². The fourth-order valence-corrected chi connectivity index (χ4v) is 4.79. The lowest BCUT2D eigenvalue weighted by atomic mass is 9.76. The largest absolute Gasteiger partial charge is 0.371 e. The molecule has 1 aromatic heterocycles. The van der Waals surface area contributed by atoms with Gasteiger partial charge < -0.3 is 10.6 Å². The number of benzene rings is 1. The predicted molar refractivity (Wildman–Crippen MR) is 112 cm³/mol. The highest BCUT2D eigenvalue weighted by Gasteiger charge is 2.43. The number of para-hydroxylation sites is 1. The topological polar surface area (TPSA) is 62.5 Å². The van der Waals surface area contributed by atoms with Crippen LogP contribution in [0.15, 0.2) is 48.7 Å². The van der Waals surface area contributed by atoms with Crippen molar-refractivity contribution in [2.75, 3.05) is 31.1 Å². The van der Waals surface area contributed by atoms with Gasteiger partial charge in [-0.15, -0.1) is 0 Å². The summed E-state index contributed by atoms with van der Waals surface area (Å²) in [5, 5.41) is 0. The number of primary amides is 1. The van der Waals surface area contributed by atoms with E-state index in [1.54, 1.807) is 6.20 Å². The van der Waals surface area contributed by atoms with Crippen molar-refractivity contribution in [2.24, 2.45) is 5.73 Å². The van der Waals surface area contributed by atoms with Crippen molar-refractivity contribution in [1.29, 1.82) is 0 Å². The van der Waals surface area contributed by atoms with E-state index < -0.39 is 5.41 Å². The van der Waals surface area contributed by atoms with Gasteiger partial charge in [-0.25, -0.2) is 0 Å². The molecule has 28 heavy (non-hydrogen) atoms. The van der Waals surface area contributed by atoms with Gasteiger partial charge in [0.05, 0.1) is 5.69 Å². The van der Waals surface area contributed by atoms with Gasteiger partial charge in [-0.05, 0) is 62.4 Å². The number of piperidine rings is 2. The molecule has 2 aromatic rings. The molecule has 2 fully saturated rings. The maximum atomic E-state index is 12.5. The number of pyridine rings is 1. The zero-order chi connectivity index (χ0) is 19.4. The second-order valence-corrected chi connectivity index (χ2v) is 8.15. The summed E-state index contributed by atoms with van der Waals surface area (Å²) in [6, 6.07) is 14.5. The molecule has 1 atom stereocenters. The molecule has 1 aromatic carbocycles. The first-order valence-electron chi connectivity index (χ1n) is 10.5. The van der Waals surface area contributed by atoms with E-state index in [1.807, 2.05) is 18.2 Å². The number of nitrogens with two attached hydrogens (primary N) is 1. The van der Waals surface area contributed by atoms with Crippen LogP contribution >= 0.6 is 0 Å². The average molecular weight is 379 g/mol. The Hall–Kier alpha value is -2.40. The van der Waals surface area contributed by atoms with E-state index in [9.17, 15) is 4.79 Å². The third-order valence-corrected chi connectivity index (χ3v) is 6.28. The van der Waals surface area contributed by atoms with Gasteiger partial charge in [-0.3, -0.25) is 14.7 Å². The van der Waals surface area contributed by atoms with Gasteiger partial charge in [0.15, 0.2) is 0 Å². The maximum absolute atomic E-state index is 12.5. The molecule has 0 radical (unpaired) electrons. The molecule has 2 aliphatic heterocycles.